The van der Waals surface area contributed by atoms with Gasteiger partial charge in [0.2, 0.25) is 0 Å². The zero-order chi connectivity index (χ0) is 23.4. The molecule has 1 aliphatic rings. The van der Waals surface area contributed by atoms with Crippen LogP contribution in [-0.2, 0) is 14.3 Å². The van der Waals surface area contributed by atoms with Crippen molar-refractivity contribution in [2.75, 3.05) is 13.2 Å². The van der Waals surface area contributed by atoms with Crippen molar-refractivity contribution >= 4 is 11.9 Å². The van der Waals surface area contributed by atoms with Gasteiger partial charge in [0.15, 0.2) is 0 Å². The van der Waals surface area contributed by atoms with E-state index in [-0.39, 0.29) is 13.2 Å². The summed E-state index contributed by atoms with van der Waals surface area (Å²) in [6, 6.07) is 18.2. The highest BCUT2D eigenvalue weighted by Gasteiger charge is 2.78. The molecule has 0 saturated heterocycles. The monoisotopic (exact) mass is 435 g/mol. The number of aliphatic carboxylic acids is 1. The van der Waals surface area contributed by atoms with Gasteiger partial charge in [0.25, 0.3) is 0 Å². The van der Waals surface area contributed by atoms with Crippen LogP contribution >= 0.6 is 0 Å². The van der Waals surface area contributed by atoms with E-state index in [1.807, 2.05) is 18.2 Å². The van der Waals surface area contributed by atoms with Crippen molar-refractivity contribution in [2.24, 2.45) is 16.7 Å². The van der Waals surface area contributed by atoms with Gasteiger partial charge in [0, 0.05) is 12.0 Å². The highest BCUT2D eigenvalue weighted by Crippen LogP contribution is 2.75. The Balaban J connectivity index is 1.92. The van der Waals surface area contributed by atoms with E-state index in [0.717, 1.165) is 6.08 Å². The van der Waals surface area contributed by atoms with Crippen LogP contribution in [0.2, 0.25) is 0 Å². The number of benzene rings is 2. The molecule has 2 N–H and O–H groups in total. The summed E-state index contributed by atoms with van der Waals surface area (Å²) in [7, 11) is 0. The molecule has 0 spiro atoms. The minimum absolute atomic E-state index is 0.143. The van der Waals surface area contributed by atoms with Gasteiger partial charge in [0.1, 0.15) is 23.5 Å². The highest BCUT2D eigenvalue weighted by atomic mass is 16.5. The lowest BCUT2D eigenvalue weighted by atomic mass is 9.78. The van der Waals surface area contributed by atoms with Crippen molar-refractivity contribution < 1.29 is 29.3 Å². The van der Waals surface area contributed by atoms with Crippen LogP contribution < -0.4 is 4.74 Å². The third-order valence-corrected chi connectivity index (χ3v) is 6.12. The number of para-hydroxylation sites is 1. The molecule has 1 aliphatic carbocycles. The van der Waals surface area contributed by atoms with Crippen molar-refractivity contribution in [3.63, 3.8) is 0 Å². The van der Waals surface area contributed by atoms with Crippen LogP contribution in [0.4, 0.5) is 0 Å². The predicted molar refractivity (Wildman–Crippen MR) is 116 cm³/mol. The summed E-state index contributed by atoms with van der Waals surface area (Å²) in [4.78, 5) is 24.3. The second kappa shape index (κ2) is 9.25. The van der Waals surface area contributed by atoms with Gasteiger partial charge in [-0.2, -0.15) is 5.26 Å². The summed E-state index contributed by atoms with van der Waals surface area (Å²) in [5, 5.41) is 29.0. The number of aliphatic hydroxyl groups excluding tert-OH is 1. The maximum atomic E-state index is 12.5. The Hall–Kier alpha value is -3.63. The largest absolute Gasteiger partial charge is 0.481 e. The minimum atomic E-state index is -1.43. The van der Waals surface area contributed by atoms with E-state index in [4.69, 9.17) is 14.6 Å². The van der Waals surface area contributed by atoms with Crippen LogP contribution in [0.15, 0.2) is 66.7 Å². The fourth-order valence-electron chi connectivity index (χ4n) is 4.50. The molecule has 2 aromatic carbocycles. The molecule has 0 heterocycles. The van der Waals surface area contributed by atoms with Crippen molar-refractivity contribution in [2.45, 2.75) is 19.8 Å². The number of carboxylic acids is 1. The van der Waals surface area contributed by atoms with Crippen LogP contribution in [0.3, 0.4) is 0 Å². The van der Waals surface area contributed by atoms with Crippen LogP contribution in [0.25, 0.3) is 0 Å². The molecule has 7 heteroatoms. The molecule has 1 fully saturated rings. The standard InChI is InChI=1S/C25H25NO6/c1-24(2)21(11-12-22(28)31-14-13-27)25(24,23(29)30)20(16-26)17-7-6-10-19(15-17)32-18-8-4-3-5-9-18/h3-12,15,20-21,27H,13-14H2,1-2H3,(H,29,30)/t20?,21-,25+/m0/s1. The zero-order valence-corrected chi connectivity index (χ0v) is 17.9. The lowest BCUT2D eigenvalue weighted by molar-refractivity contribution is -0.145. The summed E-state index contributed by atoms with van der Waals surface area (Å²) in [5.41, 5.74) is -1.69. The van der Waals surface area contributed by atoms with E-state index < -0.39 is 34.6 Å². The molecule has 0 aromatic heterocycles. The van der Waals surface area contributed by atoms with Gasteiger partial charge in [-0.05, 0) is 35.2 Å². The zero-order valence-electron chi connectivity index (χ0n) is 17.9. The molecule has 0 aliphatic heterocycles. The number of carboxylic acid groups (broad SMARTS) is 1. The molecule has 7 nitrogen and oxygen atoms in total. The third kappa shape index (κ3) is 4.10. The second-order valence-corrected chi connectivity index (χ2v) is 8.17. The van der Waals surface area contributed by atoms with Crippen molar-refractivity contribution in [3.8, 4) is 17.6 Å². The second-order valence-electron chi connectivity index (χ2n) is 8.17. The number of nitriles is 1. The minimum Gasteiger partial charge on any atom is -0.481 e. The van der Waals surface area contributed by atoms with E-state index >= 15 is 0 Å². The fourth-order valence-corrected chi connectivity index (χ4v) is 4.50. The Morgan fingerprint density at radius 2 is 1.84 bits per heavy atom. The molecule has 166 valence electrons. The Kier molecular flexibility index (Phi) is 6.66. The first-order valence-electron chi connectivity index (χ1n) is 10.2. The van der Waals surface area contributed by atoms with Gasteiger partial charge in [0.05, 0.1) is 18.6 Å². The summed E-state index contributed by atoms with van der Waals surface area (Å²) >= 11 is 0. The van der Waals surface area contributed by atoms with E-state index in [1.165, 1.54) is 6.08 Å². The summed E-state index contributed by atoms with van der Waals surface area (Å²) in [6.45, 7) is 3.09. The normalized spacial score (nSPS) is 22.0. The van der Waals surface area contributed by atoms with E-state index in [9.17, 15) is 20.0 Å². The first-order chi connectivity index (χ1) is 15.3. The number of hydrogen-bond acceptors (Lipinski definition) is 6. The number of aliphatic hydroxyl groups is 1. The smallest absolute Gasteiger partial charge is 0.330 e. The summed E-state index contributed by atoms with van der Waals surface area (Å²) in [6.07, 6.45) is 2.65. The molecule has 0 amide bonds. The van der Waals surface area contributed by atoms with Crippen LogP contribution in [-0.4, -0.2) is 35.4 Å². The van der Waals surface area contributed by atoms with Crippen LogP contribution in [0, 0.1) is 28.1 Å². The quantitative estimate of drug-likeness (QED) is 0.453. The van der Waals surface area contributed by atoms with Crippen LogP contribution in [0.5, 0.6) is 11.5 Å². The predicted octanol–water partition coefficient (Wildman–Crippen LogP) is 3.90. The Morgan fingerprint density at radius 3 is 2.47 bits per heavy atom. The number of ether oxygens (including phenoxy) is 2. The number of rotatable bonds is 9. The van der Waals surface area contributed by atoms with Crippen LogP contribution in [0.1, 0.15) is 25.3 Å². The SMILES string of the molecule is CC1(C)[C@H](C=CC(=O)OCCO)[C@@]1(C(=O)O)C(C#N)c1cccc(Oc2ccccc2)c1. The van der Waals surface area contributed by atoms with E-state index in [1.54, 1.807) is 50.2 Å². The molecule has 2 aromatic rings. The third-order valence-electron chi connectivity index (χ3n) is 6.12. The first-order valence-corrected chi connectivity index (χ1v) is 10.2. The van der Waals surface area contributed by atoms with Gasteiger partial charge in [-0.25, -0.2) is 4.79 Å². The van der Waals surface area contributed by atoms with Gasteiger partial charge < -0.3 is 19.7 Å². The molecule has 0 bridgehead atoms. The van der Waals surface area contributed by atoms with E-state index in [2.05, 4.69) is 6.07 Å². The lowest BCUT2D eigenvalue weighted by Crippen LogP contribution is -2.28. The number of hydrogen-bond donors (Lipinski definition) is 2. The molecular weight excluding hydrogens is 410 g/mol. The summed E-state index contributed by atoms with van der Waals surface area (Å²) in [5.74, 6) is -2.21. The Bertz CT molecular complexity index is 1060. The lowest BCUT2D eigenvalue weighted by Gasteiger charge is -2.22. The molecule has 1 unspecified atom stereocenters. The van der Waals surface area contributed by atoms with Crippen molar-refractivity contribution in [1.82, 2.24) is 0 Å². The molecule has 32 heavy (non-hydrogen) atoms. The fraction of sp³-hybridized carbons (Fsp3) is 0.320. The molecule has 1 saturated carbocycles. The van der Waals surface area contributed by atoms with E-state index in [0.29, 0.717) is 17.1 Å². The first kappa shape index (κ1) is 23.0. The van der Waals surface area contributed by atoms with Gasteiger partial charge in [-0.1, -0.05) is 50.3 Å². The molecule has 3 atom stereocenters. The summed E-state index contributed by atoms with van der Waals surface area (Å²) < 4.78 is 10.7. The van der Waals surface area contributed by atoms with Crippen molar-refractivity contribution in [3.05, 3.63) is 72.3 Å². The molecule has 0 radical (unpaired) electrons. The molecular formula is C25H25NO6. The Morgan fingerprint density at radius 1 is 1.16 bits per heavy atom. The number of carbonyl (C=O) groups excluding carboxylic acids is 1. The van der Waals surface area contributed by atoms with Gasteiger partial charge in [-0.15, -0.1) is 0 Å². The van der Waals surface area contributed by atoms with Crippen molar-refractivity contribution in [1.29, 1.82) is 5.26 Å². The number of carbonyl (C=O) groups is 2. The highest BCUT2D eigenvalue weighted by molar-refractivity contribution is 5.86. The Labute approximate surface area is 186 Å². The number of nitrogens with zero attached hydrogens (tertiary/aromatic N) is 1. The topological polar surface area (TPSA) is 117 Å². The maximum absolute atomic E-state index is 12.5. The van der Waals surface area contributed by atoms with Gasteiger partial charge >= 0.3 is 11.9 Å². The van der Waals surface area contributed by atoms with Gasteiger partial charge in [-0.3, -0.25) is 4.79 Å². The number of esters is 1. The average molecular weight is 435 g/mol. The number of allylic oxidation sites excluding steroid dienone is 1. The average Bonchev–Trinajstić information content (AvgIpc) is 3.27. The molecule has 3 rings (SSSR count). The maximum Gasteiger partial charge on any atom is 0.330 e.